The molecule has 33 heavy (non-hydrogen) atoms. The van der Waals surface area contributed by atoms with Crippen molar-refractivity contribution < 1.29 is 41.5 Å². The topological polar surface area (TPSA) is 136 Å². The Morgan fingerprint density at radius 1 is 1.06 bits per heavy atom. The molecule has 3 unspecified atom stereocenters. The zero-order valence-corrected chi connectivity index (χ0v) is 20.8. The number of para-hydroxylation sites is 1. The van der Waals surface area contributed by atoms with E-state index >= 15 is 0 Å². The third-order valence-electron chi connectivity index (χ3n) is 4.80. The van der Waals surface area contributed by atoms with Crippen LogP contribution >= 0.6 is 0 Å². The molecule has 0 spiro atoms. The molecule has 0 aliphatic carbocycles. The Bertz CT molecular complexity index is 860. The zero-order chi connectivity index (χ0) is 24.9. The number of halogens is 1. The lowest BCUT2D eigenvalue weighted by molar-refractivity contribution is -0.125. The Balaban J connectivity index is 0. The highest BCUT2D eigenvalue weighted by Gasteiger charge is 2.22. The van der Waals surface area contributed by atoms with Gasteiger partial charge >= 0.3 is 0 Å². The highest BCUT2D eigenvalue weighted by molar-refractivity contribution is 7.86. The molecule has 190 valence electrons. The molecule has 0 bridgehead atoms. The lowest BCUT2D eigenvalue weighted by Crippen LogP contribution is -2.26. The van der Waals surface area contributed by atoms with E-state index in [0.29, 0.717) is 19.3 Å². The first kappa shape index (κ1) is 33.0. The monoisotopic (exact) mass is 493 g/mol. The number of ketones is 2. The lowest BCUT2D eigenvalue weighted by Gasteiger charge is -2.20. The summed E-state index contributed by atoms with van der Waals surface area (Å²) in [5.74, 6) is -0.493. The molecule has 0 heterocycles. The number of ether oxygens (including phenoxy) is 2. The highest BCUT2D eigenvalue weighted by Crippen LogP contribution is 2.21. The van der Waals surface area contributed by atoms with Gasteiger partial charge in [0.2, 0.25) is 5.91 Å². The highest BCUT2D eigenvalue weighted by atomic mass is 32.2. The van der Waals surface area contributed by atoms with Crippen LogP contribution in [0.1, 0.15) is 53.4 Å². The summed E-state index contributed by atoms with van der Waals surface area (Å²) in [6, 6.07) is 5.60. The van der Waals surface area contributed by atoms with Crippen molar-refractivity contribution in [2.45, 2.75) is 70.5 Å². The fraction of sp³-hybridized carbons (Fsp3) is 0.591. The maximum Gasteiger partial charge on any atom is 0.296 e. The number of rotatable bonds is 12. The van der Waals surface area contributed by atoms with Crippen LogP contribution in [-0.2, 0) is 34.0 Å². The van der Waals surface area contributed by atoms with Crippen LogP contribution in [0.2, 0.25) is 0 Å². The summed E-state index contributed by atoms with van der Waals surface area (Å²) in [4.78, 5) is 33.5. The first-order chi connectivity index (χ1) is 14.8. The number of carbonyl (C=O) groups excluding carboxylic acids is 3. The summed E-state index contributed by atoms with van der Waals surface area (Å²) in [5.41, 5.74) is 0.0263. The molecule has 0 aliphatic rings. The van der Waals surface area contributed by atoms with Crippen LogP contribution in [0.15, 0.2) is 29.2 Å². The van der Waals surface area contributed by atoms with Gasteiger partial charge in [-0.1, -0.05) is 12.1 Å². The SMILES string of the molecule is COC(C)C(CCCC(=O)Nc1ccccc1S(=O)(=O)O)C(C)=O.COC(C)CC(C)=O.F. The minimum Gasteiger partial charge on any atom is -0.381 e. The molecule has 1 amide bonds. The van der Waals surface area contributed by atoms with E-state index in [0.717, 1.165) is 0 Å². The van der Waals surface area contributed by atoms with Gasteiger partial charge < -0.3 is 14.8 Å². The van der Waals surface area contributed by atoms with E-state index in [-0.39, 0.29) is 51.4 Å². The van der Waals surface area contributed by atoms with Gasteiger partial charge in [-0.3, -0.25) is 23.6 Å². The van der Waals surface area contributed by atoms with Gasteiger partial charge in [-0.25, -0.2) is 0 Å². The number of anilines is 1. The van der Waals surface area contributed by atoms with Gasteiger partial charge in [-0.15, -0.1) is 0 Å². The molecule has 9 nitrogen and oxygen atoms in total. The first-order valence-electron chi connectivity index (χ1n) is 10.2. The number of benzene rings is 1. The van der Waals surface area contributed by atoms with Crippen LogP contribution in [0.4, 0.5) is 10.4 Å². The molecule has 1 aromatic rings. The van der Waals surface area contributed by atoms with Crippen LogP contribution in [-0.4, -0.2) is 56.9 Å². The second-order valence-corrected chi connectivity index (χ2v) is 8.91. The summed E-state index contributed by atoms with van der Waals surface area (Å²) in [5, 5.41) is 2.47. The van der Waals surface area contributed by atoms with E-state index < -0.39 is 16.0 Å². The smallest absolute Gasteiger partial charge is 0.296 e. The Hall–Kier alpha value is -2.21. The molecule has 3 atom stereocenters. The standard InChI is InChI=1S/C16H23NO6S.C6H12O2.FH/c1-11(18)13(12(2)23-3)7-6-10-16(19)17-14-8-4-5-9-15(14)24(20,21)22;1-5(7)4-6(2)8-3;/h4-5,8-9,12-13H,6-7,10H2,1-3H3,(H,17,19)(H,20,21,22);6H,4H2,1-3H3;1H. The molecule has 2 N–H and O–H groups in total. The predicted molar refractivity (Wildman–Crippen MR) is 124 cm³/mol. The Kier molecular flexibility index (Phi) is 16.4. The zero-order valence-electron chi connectivity index (χ0n) is 20.0. The van der Waals surface area contributed by atoms with Gasteiger partial charge in [-0.05, 0) is 52.7 Å². The number of nitrogens with one attached hydrogen (secondary N) is 1. The molecule has 0 aromatic heterocycles. The molecule has 0 saturated carbocycles. The van der Waals surface area contributed by atoms with Gasteiger partial charge in [0.05, 0.1) is 17.9 Å². The number of Topliss-reactive ketones (excluding diaryl/α,β-unsaturated/α-hetero) is 2. The van der Waals surface area contributed by atoms with Crippen molar-refractivity contribution in [3.63, 3.8) is 0 Å². The summed E-state index contributed by atoms with van der Waals surface area (Å²) in [7, 11) is -1.28. The van der Waals surface area contributed by atoms with Crippen molar-refractivity contribution in [2.75, 3.05) is 19.5 Å². The third kappa shape index (κ3) is 13.8. The average Bonchev–Trinajstić information content (AvgIpc) is 2.70. The van der Waals surface area contributed by atoms with Crippen molar-refractivity contribution in [1.29, 1.82) is 0 Å². The van der Waals surface area contributed by atoms with Gasteiger partial charge in [0.15, 0.2) is 0 Å². The number of carbonyl (C=O) groups is 3. The fourth-order valence-corrected chi connectivity index (χ4v) is 3.56. The Morgan fingerprint density at radius 2 is 1.64 bits per heavy atom. The van der Waals surface area contributed by atoms with Gasteiger partial charge in [0.1, 0.15) is 16.5 Å². The quantitative estimate of drug-likeness (QED) is 0.423. The molecule has 0 aliphatic heterocycles. The summed E-state index contributed by atoms with van der Waals surface area (Å²) in [6.45, 7) is 6.73. The van der Waals surface area contributed by atoms with Crippen molar-refractivity contribution >= 4 is 33.3 Å². The lowest BCUT2D eigenvalue weighted by atomic mass is 9.93. The molecule has 0 saturated heterocycles. The van der Waals surface area contributed by atoms with Crippen LogP contribution in [0.5, 0.6) is 0 Å². The average molecular weight is 494 g/mol. The van der Waals surface area contributed by atoms with E-state index in [2.05, 4.69) is 5.32 Å². The van der Waals surface area contributed by atoms with Crippen molar-refractivity contribution in [3.05, 3.63) is 24.3 Å². The Labute approximate surface area is 195 Å². The fourth-order valence-electron chi connectivity index (χ4n) is 2.91. The van der Waals surface area contributed by atoms with Gasteiger partial charge in [-0.2, -0.15) is 8.42 Å². The van der Waals surface area contributed by atoms with Crippen molar-refractivity contribution in [2.24, 2.45) is 5.92 Å². The molecule has 0 radical (unpaired) electrons. The molecule has 11 heteroatoms. The van der Waals surface area contributed by atoms with E-state index in [4.69, 9.17) is 14.0 Å². The summed E-state index contributed by atoms with van der Waals surface area (Å²) < 4.78 is 41.7. The van der Waals surface area contributed by atoms with Crippen LogP contribution in [0.25, 0.3) is 0 Å². The van der Waals surface area contributed by atoms with E-state index in [9.17, 15) is 22.8 Å². The Morgan fingerprint density at radius 3 is 2.06 bits per heavy atom. The summed E-state index contributed by atoms with van der Waals surface area (Å²) in [6.07, 6.45) is 1.45. The minimum absolute atomic E-state index is 0. The van der Waals surface area contributed by atoms with Crippen molar-refractivity contribution in [1.82, 2.24) is 0 Å². The molecular formula is C22H36FNO8S. The number of methoxy groups -OCH3 is 2. The normalized spacial score (nSPS) is 13.4. The molecular weight excluding hydrogens is 457 g/mol. The second-order valence-electron chi connectivity index (χ2n) is 7.52. The van der Waals surface area contributed by atoms with E-state index in [1.54, 1.807) is 27.0 Å². The number of hydrogen-bond acceptors (Lipinski definition) is 7. The maximum atomic E-state index is 12.0. The predicted octanol–water partition coefficient (Wildman–Crippen LogP) is 3.44. The van der Waals surface area contributed by atoms with E-state index in [1.807, 2.05) is 6.92 Å². The van der Waals surface area contributed by atoms with Crippen LogP contribution in [0, 0.1) is 5.92 Å². The molecule has 1 rings (SSSR count). The summed E-state index contributed by atoms with van der Waals surface area (Å²) >= 11 is 0. The maximum absolute atomic E-state index is 12.0. The molecule has 0 fully saturated rings. The van der Waals surface area contributed by atoms with E-state index in [1.165, 1.54) is 32.2 Å². The number of amides is 1. The van der Waals surface area contributed by atoms with Gasteiger partial charge in [0, 0.05) is 33.0 Å². The largest absolute Gasteiger partial charge is 0.381 e. The van der Waals surface area contributed by atoms with Gasteiger partial charge in [0.25, 0.3) is 10.1 Å². The van der Waals surface area contributed by atoms with Crippen LogP contribution < -0.4 is 5.32 Å². The third-order valence-corrected chi connectivity index (χ3v) is 5.71. The number of hydrogen-bond donors (Lipinski definition) is 2. The van der Waals surface area contributed by atoms with Crippen molar-refractivity contribution in [3.8, 4) is 0 Å². The first-order valence-corrected chi connectivity index (χ1v) is 11.7. The minimum atomic E-state index is -4.41. The van der Waals surface area contributed by atoms with Crippen LogP contribution in [0.3, 0.4) is 0 Å². The molecule has 1 aromatic carbocycles. The second kappa shape index (κ2) is 16.4.